The van der Waals surface area contributed by atoms with Crippen molar-refractivity contribution in [3.05, 3.63) is 112 Å². The Bertz CT molecular complexity index is 1800. The fraction of sp³-hybridized carbons (Fsp3) is 0.167. The van der Waals surface area contributed by atoms with E-state index in [1.807, 2.05) is 0 Å². The van der Waals surface area contributed by atoms with Crippen molar-refractivity contribution in [2.45, 2.75) is 26.6 Å². The number of nitrogens with two attached hydrogens (primary N) is 1. The summed E-state index contributed by atoms with van der Waals surface area (Å²) in [5.41, 5.74) is 9.33. The molecule has 0 unspecified atom stereocenters. The summed E-state index contributed by atoms with van der Waals surface area (Å²) in [6.45, 7) is 1.15. The number of nitrogens with zero attached hydrogens (tertiary/aromatic N) is 3. The second-order valence-corrected chi connectivity index (χ2v) is 9.49. The topological polar surface area (TPSA) is 196 Å². The third-order valence-electron chi connectivity index (χ3n) is 6.45. The first-order valence-electron chi connectivity index (χ1n) is 13.3. The normalized spacial score (nSPS) is 11.4. The smallest absolute Gasteiger partial charge is 0.374 e. The van der Waals surface area contributed by atoms with Crippen LogP contribution in [0.3, 0.4) is 0 Å². The maximum atomic E-state index is 14.4. The minimum Gasteiger partial charge on any atom is -0.465 e. The van der Waals surface area contributed by atoms with Crippen molar-refractivity contribution >= 4 is 35.7 Å². The van der Waals surface area contributed by atoms with Crippen LogP contribution in [0.1, 0.15) is 54.9 Å². The van der Waals surface area contributed by atoms with Crippen molar-refractivity contribution in [3.63, 3.8) is 0 Å². The maximum Gasteiger partial charge on any atom is 0.374 e. The lowest BCUT2D eigenvalue weighted by molar-refractivity contribution is -0.114. The molecule has 2 aromatic heterocycles. The molecule has 14 nitrogen and oxygen atoms in total. The number of fused-ring (bicyclic) bond motifs is 1. The average molecular weight is 618 g/mol. The SMILES string of the molecule is COC(=O)c1ccc(CNOC(=O)c2cc(C(=O)NCc3ccc(F)c(CN/C(C=O)=C(\N)C(C)=O)c3)nc3nccn23)cc1. The second kappa shape index (κ2) is 14.5. The average Bonchev–Trinajstić information content (AvgIpc) is 3.53. The van der Waals surface area contributed by atoms with E-state index in [1.165, 1.54) is 55.1 Å². The zero-order valence-electron chi connectivity index (χ0n) is 24.1. The summed E-state index contributed by atoms with van der Waals surface area (Å²) in [6, 6.07) is 11.9. The van der Waals surface area contributed by atoms with E-state index in [0.29, 0.717) is 17.4 Å². The van der Waals surface area contributed by atoms with Gasteiger partial charge in [-0.2, -0.15) is 0 Å². The third-order valence-corrected chi connectivity index (χ3v) is 6.45. The van der Waals surface area contributed by atoms with E-state index in [0.717, 1.165) is 5.56 Å². The first kappa shape index (κ1) is 32.0. The van der Waals surface area contributed by atoms with Crippen LogP contribution < -0.4 is 21.8 Å². The number of aromatic nitrogens is 3. The van der Waals surface area contributed by atoms with E-state index in [2.05, 4.69) is 30.8 Å². The monoisotopic (exact) mass is 617 g/mol. The highest BCUT2D eigenvalue weighted by atomic mass is 19.1. The molecule has 232 valence electrons. The van der Waals surface area contributed by atoms with Crippen LogP contribution in [-0.4, -0.2) is 51.4 Å². The molecule has 4 aromatic rings. The minimum absolute atomic E-state index is 0.0322. The number of amides is 1. The summed E-state index contributed by atoms with van der Waals surface area (Å²) in [5.74, 6) is -2.95. The number of halogens is 1. The number of imidazole rings is 1. The second-order valence-electron chi connectivity index (χ2n) is 9.49. The number of hydrogen-bond acceptors (Lipinski definition) is 12. The lowest BCUT2D eigenvalue weighted by atomic mass is 10.1. The molecule has 0 spiro atoms. The molecule has 0 aliphatic carbocycles. The van der Waals surface area contributed by atoms with Crippen LogP contribution in [-0.2, 0) is 38.8 Å². The number of allylic oxidation sites excluding steroid dienone is 2. The van der Waals surface area contributed by atoms with Crippen molar-refractivity contribution in [1.82, 2.24) is 30.5 Å². The number of aldehydes is 1. The molecule has 0 saturated heterocycles. The van der Waals surface area contributed by atoms with Crippen LogP contribution in [0, 0.1) is 5.82 Å². The van der Waals surface area contributed by atoms with Gasteiger partial charge in [0.2, 0.25) is 5.78 Å². The first-order chi connectivity index (χ1) is 21.6. The van der Waals surface area contributed by atoms with E-state index in [1.54, 1.807) is 24.3 Å². The van der Waals surface area contributed by atoms with Gasteiger partial charge in [-0.1, -0.05) is 18.2 Å². The van der Waals surface area contributed by atoms with E-state index >= 15 is 0 Å². The zero-order chi connectivity index (χ0) is 32.5. The molecule has 1 amide bonds. The van der Waals surface area contributed by atoms with Crippen molar-refractivity contribution in [2.24, 2.45) is 5.73 Å². The highest BCUT2D eigenvalue weighted by molar-refractivity contribution is 5.98. The first-order valence-corrected chi connectivity index (χ1v) is 13.3. The Hall–Kier alpha value is -5.96. The van der Waals surface area contributed by atoms with E-state index < -0.39 is 29.4 Å². The van der Waals surface area contributed by atoms with Gasteiger partial charge >= 0.3 is 11.9 Å². The summed E-state index contributed by atoms with van der Waals surface area (Å²) in [6.07, 6.45) is 3.25. The minimum atomic E-state index is -0.814. The lowest BCUT2D eigenvalue weighted by Gasteiger charge is -2.12. The molecule has 0 bridgehead atoms. The Morgan fingerprint density at radius 2 is 1.71 bits per heavy atom. The fourth-order valence-electron chi connectivity index (χ4n) is 4.02. The van der Waals surface area contributed by atoms with Crippen LogP contribution >= 0.6 is 0 Å². The molecule has 2 aromatic carbocycles. The molecule has 0 atom stereocenters. The van der Waals surface area contributed by atoms with Gasteiger partial charge in [0.1, 0.15) is 28.6 Å². The van der Waals surface area contributed by atoms with Crippen LogP contribution in [0.2, 0.25) is 0 Å². The van der Waals surface area contributed by atoms with Gasteiger partial charge in [-0.15, -0.1) is 5.48 Å². The molecule has 4 rings (SSSR count). The number of hydroxylamine groups is 1. The van der Waals surface area contributed by atoms with Crippen LogP contribution in [0.5, 0.6) is 0 Å². The standard InChI is InChI=1S/C30H28FN7O7/c1-17(40)26(32)24(16-39)34-15-21-11-19(5-8-22(21)31)13-35-27(41)23-12-25(38-10-9-33-30(38)37-23)29(43)45-36-14-18-3-6-20(7-4-18)28(42)44-2/h3-12,16,34,36H,13-15,32H2,1-2H3,(H,35,41)/b26-24-. The van der Waals surface area contributed by atoms with E-state index in [-0.39, 0.29) is 53.8 Å². The fourth-order valence-corrected chi connectivity index (χ4v) is 4.02. The van der Waals surface area contributed by atoms with Gasteiger partial charge in [0.25, 0.3) is 5.91 Å². The van der Waals surface area contributed by atoms with Gasteiger partial charge in [0.05, 0.1) is 19.2 Å². The van der Waals surface area contributed by atoms with E-state index in [9.17, 15) is 28.4 Å². The Morgan fingerprint density at radius 3 is 2.40 bits per heavy atom. The number of esters is 1. The lowest BCUT2D eigenvalue weighted by Crippen LogP contribution is -2.26. The summed E-state index contributed by atoms with van der Waals surface area (Å²) in [7, 11) is 1.28. The summed E-state index contributed by atoms with van der Waals surface area (Å²) < 4.78 is 20.4. The summed E-state index contributed by atoms with van der Waals surface area (Å²) >= 11 is 0. The number of nitrogens with one attached hydrogen (secondary N) is 3. The van der Waals surface area contributed by atoms with Crippen LogP contribution in [0.15, 0.2) is 72.3 Å². The Labute approximate surface area is 255 Å². The van der Waals surface area contributed by atoms with Gasteiger partial charge in [-0.25, -0.2) is 23.9 Å². The van der Waals surface area contributed by atoms with Gasteiger partial charge < -0.3 is 25.9 Å². The van der Waals surface area contributed by atoms with Gasteiger partial charge in [0, 0.05) is 44.0 Å². The van der Waals surface area contributed by atoms with Crippen molar-refractivity contribution in [2.75, 3.05) is 7.11 Å². The number of methoxy groups -OCH3 is 1. The largest absolute Gasteiger partial charge is 0.465 e. The predicted octanol–water partition coefficient (Wildman–Crippen LogP) is 1.49. The van der Waals surface area contributed by atoms with Crippen LogP contribution in [0.25, 0.3) is 5.78 Å². The quantitative estimate of drug-likeness (QED) is 0.0731. The zero-order valence-corrected chi connectivity index (χ0v) is 24.1. The number of Topliss-reactive ketones (excluding diaryl/α,β-unsaturated/α-hetero) is 1. The predicted molar refractivity (Wildman–Crippen MR) is 155 cm³/mol. The van der Waals surface area contributed by atoms with Gasteiger partial charge in [-0.05, 0) is 35.4 Å². The number of benzene rings is 2. The Morgan fingerprint density at radius 1 is 0.978 bits per heavy atom. The van der Waals surface area contributed by atoms with Crippen molar-refractivity contribution in [3.8, 4) is 0 Å². The number of ether oxygens (including phenoxy) is 1. The molecule has 2 heterocycles. The Balaban J connectivity index is 1.41. The van der Waals surface area contributed by atoms with Crippen molar-refractivity contribution < 1.29 is 37.9 Å². The van der Waals surface area contributed by atoms with Crippen LogP contribution in [0.4, 0.5) is 4.39 Å². The maximum absolute atomic E-state index is 14.4. The molecule has 0 radical (unpaired) electrons. The number of hydrogen-bond donors (Lipinski definition) is 4. The molecule has 0 aliphatic heterocycles. The highest BCUT2D eigenvalue weighted by Gasteiger charge is 2.19. The third kappa shape index (κ3) is 7.91. The molecular formula is C30H28FN7O7. The Kier molecular flexibility index (Phi) is 10.3. The summed E-state index contributed by atoms with van der Waals surface area (Å²) in [5, 5.41) is 5.31. The number of ketones is 1. The number of carbonyl (C=O) groups excluding carboxylic acids is 5. The molecule has 5 N–H and O–H groups in total. The van der Waals surface area contributed by atoms with E-state index in [4.69, 9.17) is 10.6 Å². The number of rotatable bonds is 13. The van der Waals surface area contributed by atoms with Gasteiger partial charge in [0.15, 0.2) is 12.1 Å². The summed E-state index contributed by atoms with van der Waals surface area (Å²) in [4.78, 5) is 73.7. The molecule has 0 saturated carbocycles. The van der Waals surface area contributed by atoms with Gasteiger partial charge in [-0.3, -0.25) is 18.8 Å². The molecular weight excluding hydrogens is 589 g/mol. The highest BCUT2D eigenvalue weighted by Crippen LogP contribution is 2.13. The number of carbonyl (C=O) groups is 5. The molecule has 15 heteroatoms. The van der Waals surface area contributed by atoms with Crippen molar-refractivity contribution in [1.29, 1.82) is 0 Å². The molecule has 0 aliphatic rings. The molecule has 45 heavy (non-hydrogen) atoms. The molecule has 0 fully saturated rings.